The highest BCUT2D eigenvalue weighted by Gasteiger charge is 2.38. The molecule has 1 aromatic carbocycles. The highest BCUT2D eigenvalue weighted by atomic mass is 16.5. The SMILES string of the molecule is CCCOc1ccccc1C1C(C(=O)OC)=CN(C2CCCC2)C=C1C(=O)OC. The molecule has 156 valence electrons. The average Bonchev–Trinajstić information content (AvgIpc) is 3.31. The van der Waals surface area contributed by atoms with Gasteiger partial charge in [-0.15, -0.1) is 0 Å². The van der Waals surface area contributed by atoms with Gasteiger partial charge in [-0.3, -0.25) is 0 Å². The van der Waals surface area contributed by atoms with Crippen molar-refractivity contribution in [2.75, 3.05) is 20.8 Å². The van der Waals surface area contributed by atoms with Crippen LogP contribution in [0.2, 0.25) is 0 Å². The van der Waals surface area contributed by atoms with E-state index in [4.69, 9.17) is 14.2 Å². The van der Waals surface area contributed by atoms with E-state index in [-0.39, 0.29) is 6.04 Å². The van der Waals surface area contributed by atoms with Crippen LogP contribution in [0.4, 0.5) is 0 Å². The van der Waals surface area contributed by atoms with Gasteiger partial charge in [-0.1, -0.05) is 38.0 Å². The highest BCUT2D eigenvalue weighted by Crippen LogP contribution is 2.42. The Labute approximate surface area is 172 Å². The molecule has 2 aliphatic rings. The van der Waals surface area contributed by atoms with Gasteiger partial charge in [0, 0.05) is 24.0 Å². The van der Waals surface area contributed by atoms with E-state index < -0.39 is 17.9 Å². The molecule has 1 aliphatic heterocycles. The number of methoxy groups -OCH3 is 2. The van der Waals surface area contributed by atoms with Crippen LogP contribution in [0, 0.1) is 0 Å². The summed E-state index contributed by atoms with van der Waals surface area (Å²) < 4.78 is 16.1. The van der Waals surface area contributed by atoms with Crippen molar-refractivity contribution in [3.8, 4) is 5.75 Å². The van der Waals surface area contributed by atoms with Crippen molar-refractivity contribution < 1.29 is 23.8 Å². The van der Waals surface area contributed by atoms with Gasteiger partial charge < -0.3 is 19.1 Å². The molecule has 3 rings (SSSR count). The Morgan fingerprint density at radius 1 is 1.00 bits per heavy atom. The number of para-hydroxylation sites is 1. The van der Waals surface area contributed by atoms with Gasteiger partial charge in [0.1, 0.15) is 5.75 Å². The molecule has 0 radical (unpaired) electrons. The number of hydrogen-bond donors (Lipinski definition) is 0. The van der Waals surface area contributed by atoms with E-state index in [9.17, 15) is 9.59 Å². The zero-order valence-corrected chi connectivity index (χ0v) is 17.3. The van der Waals surface area contributed by atoms with Crippen molar-refractivity contribution in [3.05, 3.63) is 53.4 Å². The van der Waals surface area contributed by atoms with Crippen LogP contribution in [0.25, 0.3) is 0 Å². The van der Waals surface area contributed by atoms with Crippen molar-refractivity contribution in [3.63, 3.8) is 0 Å². The lowest BCUT2D eigenvalue weighted by Gasteiger charge is -2.33. The fraction of sp³-hybridized carbons (Fsp3) is 0.478. The Bertz CT molecular complexity index is 773. The molecule has 6 nitrogen and oxygen atoms in total. The quantitative estimate of drug-likeness (QED) is 0.648. The molecule has 0 N–H and O–H groups in total. The zero-order valence-electron chi connectivity index (χ0n) is 17.3. The number of carbonyl (C=O) groups excluding carboxylic acids is 2. The number of rotatable bonds is 7. The summed E-state index contributed by atoms with van der Waals surface area (Å²) in [4.78, 5) is 27.5. The molecule has 1 aliphatic carbocycles. The third-order valence-corrected chi connectivity index (χ3v) is 5.48. The summed E-state index contributed by atoms with van der Waals surface area (Å²) in [7, 11) is 2.71. The molecule has 1 saturated carbocycles. The van der Waals surface area contributed by atoms with Crippen molar-refractivity contribution in [1.82, 2.24) is 4.90 Å². The first kappa shape index (κ1) is 21.0. The second-order valence-corrected chi connectivity index (χ2v) is 7.36. The lowest BCUT2D eigenvalue weighted by molar-refractivity contribution is -0.137. The van der Waals surface area contributed by atoms with Gasteiger partial charge in [-0.05, 0) is 25.3 Å². The molecule has 29 heavy (non-hydrogen) atoms. The molecule has 0 saturated heterocycles. The van der Waals surface area contributed by atoms with Crippen LogP contribution in [-0.2, 0) is 19.1 Å². The molecule has 1 aromatic rings. The first-order valence-electron chi connectivity index (χ1n) is 10.2. The Morgan fingerprint density at radius 3 is 2.14 bits per heavy atom. The summed E-state index contributed by atoms with van der Waals surface area (Å²) in [6, 6.07) is 7.76. The Kier molecular flexibility index (Phi) is 6.96. The molecule has 0 aromatic heterocycles. The van der Waals surface area contributed by atoms with Crippen LogP contribution in [-0.4, -0.2) is 43.7 Å². The first-order valence-corrected chi connectivity index (χ1v) is 10.2. The summed E-state index contributed by atoms with van der Waals surface area (Å²) in [6.45, 7) is 2.58. The molecule has 0 amide bonds. The van der Waals surface area contributed by atoms with E-state index >= 15 is 0 Å². The Balaban J connectivity index is 2.11. The van der Waals surface area contributed by atoms with Gasteiger partial charge in [0.25, 0.3) is 0 Å². The summed E-state index contributed by atoms with van der Waals surface area (Å²) in [5.74, 6) is -0.880. The van der Waals surface area contributed by atoms with Crippen molar-refractivity contribution in [2.24, 2.45) is 0 Å². The van der Waals surface area contributed by atoms with E-state index in [1.54, 1.807) is 0 Å². The molecule has 0 atom stereocenters. The molecule has 6 heteroatoms. The molecule has 0 spiro atoms. The number of nitrogens with zero attached hydrogens (tertiary/aromatic N) is 1. The smallest absolute Gasteiger partial charge is 0.336 e. The number of esters is 2. The Morgan fingerprint density at radius 2 is 1.59 bits per heavy atom. The predicted molar refractivity (Wildman–Crippen MR) is 109 cm³/mol. The van der Waals surface area contributed by atoms with Crippen LogP contribution in [0.5, 0.6) is 5.75 Å². The van der Waals surface area contributed by atoms with Crippen LogP contribution in [0.1, 0.15) is 50.5 Å². The normalized spacial score (nSPS) is 17.6. The number of benzene rings is 1. The van der Waals surface area contributed by atoms with E-state index in [0.29, 0.717) is 23.5 Å². The fourth-order valence-corrected chi connectivity index (χ4v) is 4.06. The van der Waals surface area contributed by atoms with Crippen molar-refractivity contribution >= 4 is 11.9 Å². The minimum absolute atomic E-state index is 0.266. The summed E-state index contributed by atoms with van der Waals surface area (Å²) in [5, 5.41) is 0. The van der Waals surface area contributed by atoms with Gasteiger partial charge >= 0.3 is 11.9 Å². The summed E-state index contributed by atoms with van der Waals surface area (Å²) in [6.07, 6.45) is 8.84. The molecule has 1 fully saturated rings. The fourth-order valence-electron chi connectivity index (χ4n) is 4.06. The van der Waals surface area contributed by atoms with E-state index in [1.165, 1.54) is 14.2 Å². The number of carbonyl (C=O) groups is 2. The summed E-state index contributed by atoms with van der Waals surface area (Å²) >= 11 is 0. The molecule has 0 bridgehead atoms. The van der Waals surface area contributed by atoms with Crippen molar-refractivity contribution in [1.29, 1.82) is 0 Å². The van der Waals surface area contributed by atoms with E-state index in [0.717, 1.165) is 37.7 Å². The second-order valence-electron chi connectivity index (χ2n) is 7.36. The van der Waals surface area contributed by atoms with Crippen molar-refractivity contribution in [2.45, 2.75) is 51.0 Å². The maximum atomic E-state index is 12.8. The van der Waals surface area contributed by atoms with E-state index in [2.05, 4.69) is 0 Å². The predicted octanol–water partition coefficient (Wildman–Crippen LogP) is 3.93. The first-order chi connectivity index (χ1) is 14.1. The minimum atomic E-state index is -0.611. The Hall–Kier alpha value is -2.76. The molecular weight excluding hydrogens is 370 g/mol. The van der Waals surface area contributed by atoms with Gasteiger partial charge in [0.2, 0.25) is 0 Å². The van der Waals surface area contributed by atoms with Crippen LogP contribution >= 0.6 is 0 Å². The summed E-state index contributed by atoms with van der Waals surface area (Å²) in [5.41, 5.74) is 1.57. The lowest BCUT2D eigenvalue weighted by atomic mass is 9.82. The average molecular weight is 399 g/mol. The minimum Gasteiger partial charge on any atom is -0.493 e. The largest absolute Gasteiger partial charge is 0.493 e. The van der Waals surface area contributed by atoms with Gasteiger partial charge in [-0.2, -0.15) is 0 Å². The second kappa shape index (κ2) is 9.63. The number of hydrogen-bond acceptors (Lipinski definition) is 6. The molecule has 0 unspecified atom stereocenters. The third-order valence-electron chi connectivity index (χ3n) is 5.48. The lowest BCUT2D eigenvalue weighted by Crippen LogP contribution is -2.33. The molecule has 1 heterocycles. The van der Waals surface area contributed by atoms with Gasteiger partial charge in [0.05, 0.1) is 37.9 Å². The highest BCUT2D eigenvalue weighted by molar-refractivity contribution is 5.98. The zero-order chi connectivity index (χ0) is 20.8. The van der Waals surface area contributed by atoms with Crippen LogP contribution in [0.15, 0.2) is 47.8 Å². The topological polar surface area (TPSA) is 65.1 Å². The van der Waals surface area contributed by atoms with Crippen LogP contribution < -0.4 is 4.74 Å². The maximum Gasteiger partial charge on any atom is 0.336 e. The number of ether oxygens (including phenoxy) is 3. The van der Waals surface area contributed by atoms with E-state index in [1.807, 2.05) is 48.5 Å². The maximum absolute atomic E-state index is 12.8. The van der Waals surface area contributed by atoms with Gasteiger partial charge in [0.15, 0.2) is 0 Å². The molecular formula is C23H29NO5. The van der Waals surface area contributed by atoms with Crippen LogP contribution in [0.3, 0.4) is 0 Å². The standard InChI is InChI=1S/C23H29NO5/c1-4-13-29-20-12-8-7-11-17(20)21-18(22(25)27-2)14-24(16-9-5-6-10-16)15-19(21)23(26)28-3/h7-8,11-12,14-16,21H,4-6,9-10,13H2,1-3H3. The third kappa shape index (κ3) is 4.47. The van der Waals surface area contributed by atoms with Gasteiger partial charge in [-0.25, -0.2) is 9.59 Å². The monoisotopic (exact) mass is 399 g/mol.